The molecule has 1 atom stereocenters. The third kappa shape index (κ3) is 6.09. The Bertz CT molecular complexity index is 281. The van der Waals surface area contributed by atoms with E-state index in [4.69, 9.17) is 9.47 Å². The molecule has 4 nitrogen and oxygen atoms in total. The van der Waals surface area contributed by atoms with Gasteiger partial charge < -0.3 is 9.47 Å². The van der Waals surface area contributed by atoms with Crippen molar-refractivity contribution in [2.24, 2.45) is 5.92 Å². The molecule has 0 aromatic carbocycles. The zero-order chi connectivity index (χ0) is 13.3. The Labute approximate surface area is 103 Å². The molecule has 17 heavy (non-hydrogen) atoms. The van der Waals surface area contributed by atoms with E-state index in [2.05, 4.69) is 0 Å². The first-order valence-electron chi connectivity index (χ1n) is 6.12. The third-order valence-electron chi connectivity index (χ3n) is 2.32. The summed E-state index contributed by atoms with van der Waals surface area (Å²) in [4.78, 5) is 23.1. The van der Waals surface area contributed by atoms with Crippen molar-refractivity contribution < 1.29 is 19.1 Å². The smallest absolute Gasteiger partial charge is 0.334 e. The Balaban J connectivity index is 4.82. The van der Waals surface area contributed by atoms with Crippen LogP contribution in [0.25, 0.3) is 0 Å². The van der Waals surface area contributed by atoms with Gasteiger partial charge in [-0.1, -0.05) is 20.3 Å². The lowest BCUT2D eigenvalue weighted by Gasteiger charge is -2.13. The van der Waals surface area contributed by atoms with Gasteiger partial charge in [0.2, 0.25) is 0 Å². The first-order valence-corrected chi connectivity index (χ1v) is 6.12. The van der Waals surface area contributed by atoms with Gasteiger partial charge in [-0.15, -0.1) is 0 Å². The monoisotopic (exact) mass is 242 g/mol. The van der Waals surface area contributed by atoms with Gasteiger partial charge in [-0.3, -0.25) is 0 Å². The fourth-order valence-electron chi connectivity index (χ4n) is 1.52. The van der Waals surface area contributed by atoms with Crippen LogP contribution in [0.1, 0.15) is 40.5 Å². The lowest BCUT2D eigenvalue weighted by molar-refractivity contribution is -0.141. The molecule has 0 aromatic heterocycles. The summed E-state index contributed by atoms with van der Waals surface area (Å²) in [7, 11) is 0. The predicted molar refractivity (Wildman–Crippen MR) is 65.4 cm³/mol. The Hall–Kier alpha value is -1.32. The lowest BCUT2D eigenvalue weighted by atomic mass is 9.96. The predicted octanol–water partition coefficient (Wildman–Crippen LogP) is 2.48. The SMILES string of the molecule is CCCC(C)/C(=C/C(=O)OCC)C(=O)OCC. The molecule has 0 bridgehead atoms. The maximum atomic E-state index is 11.7. The second-order valence-corrected chi connectivity index (χ2v) is 3.76. The van der Waals surface area contributed by atoms with Crippen molar-refractivity contribution in [3.63, 3.8) is 0 Å². The number of hydrogen-bond acceptors (Lipinski definition) is 4. The summed E-state index contributed by atoms with van der Waals surface area (Å²) in [5, 5.41) is 0. The molecule has 1 unspecified atom stereocenters. The average Bonchev–Trinajstić information content (AvgIpc) is 2.26. The highest BCUT2D eigenvalue weighted by molar-refractivity contribution is 5.96. The van der Waals surface area contributed by atoms with Gasteiger partial charge >= 0.3 is 11.9 Å². The highest BCUT2D eigenvalue weighted by Crippen LogP contribution is 2.18. The summed E-state index contributed by atoms with van der Waals surface area (Å²) in [6, 6.07) is 0. The van der Waals surface area contributed by atoms with Crippen molar-refractivity contribution >= 4 is 11.9 Å². The second kappa shape index (κ2) is 8.79. The summed E-state index contributed by atoms with van der Waals surface area (Å²) >= 11 is 0. The molecular weight excluding hydrogens is 220 g/mol. The van der Waals surface area contributed by atoms with Crippen LogP contribution >= 0.6 is 0 Å². The molecule has 0 aliphatic carbocycles. The molecule has 0 spiro atoms. The number of ether oxygens (including phenoxy) is 2. The topological polar surface area (TPSA) is 52.6 Å². The Morgan fingerprint density at radius 2 is 1.71 bits per heavy atom. The molecule has 0 heterocycles. The van der Waals surface area contributed by atoms with Gasteiger partial charge in [0.05, 0.1) is 13.2 Å². The summed E-state index contributed by atoms with van der Waals surface area (Å²) in [5.41, 5.74) is 0.396. The fourth-order valence-corrected chi connectivity index (χ4v) is 1.52. The van der Waals surface area contributed by atoms with Crippen molar-refractivity contribution in [3.05, 3.63) is 11.6 Å². The number of esters is 2. The minimum Gasteiger partial charge on any atom is -0.463 e. The average molecular weight is 242 g/mol. The van der Waals surface area contributed by atoms with E-state index in [-0.39, 0.29) is 5.92 Å². The van der Waals surface area contributed by atoms with E-state index in [9.17, 15) is 9.59 Å². The zero-order valence-electron chi connectivity index (χ0n) is 11.1. The van der Waals surface area contributed by atoms with Gasteiger partial charge in [-0.25, -0.2) is 9.59 Å². The largest absolute Gasteiger partial charge is 0.463 e. The maximum Gasteiger partial charge on any atom is 0.334 e. The number of rotatable bonds is 7. The van der Waals surface area contributed by atoms with Gasteiger partial charge in [0, 0.05) is 11.6 Å². The second-order valence-electron chi connectivity index (χ2n) is 3.76. The third-order valence-corrected chi connectivity index (χ3v) is 2.32. The fraction of sp³-hybridized carbons (Fsp3) is 0.692. The van der Waals surface area contributed by atoms with Crippen LogP contribution in [-0.4, -0.2) is 25.2 Å². The van der Waals surface area contributed by atoms with Gasteiger partial charge in [-0.05, 0) is 26.2 Å². The van der Waals surface area contributed by atoms with E-state index in [0.717, 1.165) is 12.8 Å². The zero-order valence-corrected chi connectivity index (χ0v) is 11.1. The van der Waals surface area contributed by atoms with E-state index in [1.165, 1.54) is 6.08 Å². The van der Waals surface area contributed by atoms with Crippen LogP contribution in [0.3, 0.4) is 0 Å². The van der Waals surface area contributed by atoms with Gasteiger partial charge in [-0.2, -0.15) is 0 Å². The number of hydrogen-bond donors (Lipinski definition) is 0. The molecule has 0 saturated carbocycles. The Kier molecular flexibility index (Phi) is 8.11. The molecule has 0 saturated heterocycles. The van der Waals surface area contributed by atoms with Crippen molar-refractivity contribution in [2.45, 2.75) is 40.5 Å². The van der Waals surface area contributed by atoms with Crippen LogP contribution in [0.2, 0.25) is 0 Å². The Morgan fingerprint density at radius 3 is 2.18 bits per heavy atom. The molecule has 0 N–H and O–H groups in total. The number of carbonyl (C=O) groups is 2. The highest BCUT2D eigenvalue weighted by Gasteiger charge is 2.19. The lowest BCUT2D eigenvalue weighted by Crippen LogP contribution is -2.16. The maximum absolute atomic E-state index is 11.7. The normalized spacial score (nSPS) is 13.1. The van der Waals surface area contributed by atoms with E-state index < -0.39 is 11.9 Å². The van der Waals surface area contributed by atoms with Crippen molar-refractivity contribution in [3.8, 4) is 0 Å². The summed E-state index contributed by atoms with van der Waals surface area (Å²) in [5.74, 6) is -0.913. The van der Waals surface area contributed by atoms with E-state index in [1.807, 2.05) is 13.8 Å². The first kappa shape index (κ1) is 15.7. The molecular formula is C13H22O4. The highest BCUT2D eigenvalue weighted by atomic mass is 16.5. The quantitative estimate of drug-likeness (QED) is 0.508. The molecule has 0 aliphatic heterocycles. The minimum absolute atomic E-state index is 0.00320. The van der Waals surface area contributed by atoms with Gasteiger partial charge in [0.25, 0.3) is 0 Å². The molecule has 98 valence electrons. The van der Waals surface area contributed by atoms with E-state index >= 15 is 0 Å². The number of carbonyl (C=O) groups excluding carboxylic acids is 2. The molecule has 0 rings (SSSR count). The van der Waals surface area contributed by atoms with Crippen molar-refractivity contribution in [2.75, 3.05) is 13.2 Å². The van der Waals surface area contributed by atoms with Crippen LogP contribution in [-0.2, 0) is 19.1 Å². The summed E-state index contributed by atoms with van der Waals surface area (Å²) in [6.45, 7) is 8.01. The Morgan fingerprint density at radius 1 is 1.12 bits per heavy atom. The van der Waals surface area contributed by atoms with Crippen LogP contribution in [0.15, 0.2) is 11.6 Å². The van der Waals surface area contributed by atoms with Crippen LogP contribution in [0.5, 0.6) is 0 Å². The molecule has 0 aliphatic rings. The first-order chi connectivity index (χ1) is 8.06. The summed E-state index contributed by atoms with van der Waals surface area (Å²) in [6.07, 6.45) is 3.03. The summed E-state index contributed by atoms with van der Waals surface area (Å²) < 4.78 is 9.74. The van der Waals surface area contributed by atoms with E-state index in [1.54, 1.807) is 13.8 Å². The molecule has 0 aromatic rings. The van der Waals surface area contributed by atoms with Crippen molar-refractivity contribution in [1.82, 2.24) is 0 Å². The van der Waals surface area contributed by atoms with Crippen molar-refractivity contribution in [1.29, 1.82) is 0 Å². The van der Waals surface area contributed by atoms with Crippen LogP contribution < -0.4 is 0 Å². The minimum atomic E-state index is -0.487. The van der Waals surface area contributed by atoms with Gasteiger partial charge in [0.1, 0.15) is 0 Å². The molecule has 0 radical (unpaired) electrons. The van der Waals surface area contributed by atoms with E-state index in [0.29, 0.717) is 18.8 Å². The van der Waals surface area contributed by atoms with Crippen LogP contribution in [0, 0.1) is 5.92 Å². The molecule has 0 amide bonds. The van der Waals surface area contributed by atoms with Gasteiger partial charge in [0.15, 0.2) is 0 Å². The molecule has 4 heteroatoms. The van der Waals surface area contributed by atoms with Crippen LogP contribution in [0.4, 0.5) is 0 Å². The molecule has 0 fully saturated rings. The standard InChI is InChI=1S/C13H22O4/c1-5-8-10(4)11(13(15)17-7-3)9-12(14)16-6-2/h9-10H,5-8H2,1-4H3/b11-9-.